The minimum absolute atomic E-state index is 0.0417. The third-order valence-electron chi connectivity index (χ3n) is 0.875. The zero-order valence-corrected chi connectivity index (χ0v) is 5.08. The first-order valence-electron chi connectivity index (χ1n) is 2.65. The van der Waals surface area contributed by atoms with Crippen LogP contribution in [0.5, 0.6) is 0 Å². The number of carbonyl (C=O) groups is 1. The largest absolute Gasteiger partial charge is 0.394 e. The highest BCUT2D eigenvalue weighted by molar-refractivity contribution is 5.89. The fraction of sp³-hybridized carbons (Fsp3) is 0.500. The van der Waals surface area contributed by atoms with E-state index in [1.807, 2.05) is 0 Å². The molecule has 0 radical (unpaired) electrons. The summed E-state index contributed by atoms with van der Waals surface area (Å²) in [5.74, 6) is -0.253. The Bertz CT molecular complexity index is 109. The molecular formula is C6H10O3. The standard InChI is InChI=1S/C6H10O3/c1-2-5(8)3-6(9)4-7/h2,6-7,9H,1,3-4H2. The summed E-state index contributed by atoms with van der Waals surface area (Å²) in [6.07, 6.45) is 0.147. The molecule has 0 saturated carbocycles. The van der Waals surface area contributed by atoms with Crippen molar-refractivity contribution in [2.45, 2.75) is 12.5 Å². The van der Waals surface area contributed by atoms with Crippen LogP contribution in [0.2, 0.25) is 0 Å². The van der Waals surface area contributed by atoms with Crippen molar-refractivity contribution in [3.63, 3.8) is 0 Å². The molecule has 0 aliphatic carbocycles. The monoisotopic (exact) mass is 130 g/mol. The number of carbonyl (C=O) groups excluding carboxylic acids is 1. The van der Waals surface area contributed by atoms with Gasteiger partial charge in [0.15, 0.2) is 5.78 Å². The van der Waals surface area contributed by atoms with Gasteiger partial charge in [0.05, 0.1) is 12.7 Å². The van der Waals surface area contributed by atoms with Gasteiger partial charge in [-0.05, 0) is 6.08 Å². The molecule has 0 fully saturated rings. The number of aliphatic hydroxyl groups excluding tert-OH is 2. The molecule has 9 heavy (non-hydrogen) atoms. The van der Waals surface area contributed by atoms with E-state index in [-0.39, 0.29) is 18.8 Å². The van der Waals surface area contributed by atoms with Crippen LogP contribution < -0.4 is 0 Å². The molecule has 0 aromatic heterocycles. The van der Waals surface area contributed by atoms with Gasteiger partial charge in [0.1, 0.15) is 0 Å². The molecule has 0 aliphatic heterocycles. The van der Waals surface area contributed by atoms with E-state index in [0.717, 1.165) is 6.08 Å². The summed E-state index contributed by atoms with van der Waals surface area (Å²) in [6, 6.07) is 0. The molecule has 0 aromatic rings. The Hall–Kier alpha value is -0.670. The summed E-state index contributed by atoms with van der Waals surface area (Å²) in [4.78, 5) is 10.4. The van der Waals surface area contributed by atoms with Crippen molar-refractivity contribution in [1.82, 2.24) is 0 Å². The lowest BCUT2D eigenvalue weighted by Gasteiger charge is -2.01. The molecule has 0 aromatic carbocycles. The van der Waals surface area contributed by atoms with Gasteiger partial charge < -0.3 is 10.2 Å². The lowest BCUT2D eigenvalue weighted by molar-refractivity contribution is -0.116. The smallest absolute Gasteiger partial charge is 0.157 e. The second kappa shape index (κ2) is 4.23. The van der Waals surface area contributed by atoms with Gasteiger partial charge in [0.2, 0.25) is 0 Å². The van der Waals surface area contributed by atoms with Crippen LogP contribution in [0.25, 0.3) is 0 Å². The maximum Gasteiger partial charge on any atom is 0.157 e. The summed E-state index contributed by atoms with van der Waals surface area (Å²) in [5.41, 5.74) is 0. The van der Waals surface area contributed by atoms with Gasteiger partial charge in [-0.2, -0.15) is 0 Å². The topological polar surface area (TPSA) is 57.5 Å². The van der Waals surface area contributed by atoms with Crippen LogP contribution >= 0.6 is 0 Å². The van der Waals surface area contributed by atoms with Crippen molar-refractivity contribution in [3.05, 3.63) is 12.7 Å². The van der Waals surface area contributed by atoms with Gasteiger partial charge >= 0.3 is 0 Å². The van der Waals surface area contributed by atoms with E-state index in [0.29, 0.717) is 0 Å². The molecule has 1 unspecified atom stereocenters. The maximum absolute atomic E-state index is 10.4. The van der Waals surface area contributed by atoms with E-state index >= 15 is 0 Å². The first-order valence-corrected chi connectivity index (χ1v) is 2.65. The summed E-state index contributed by atoms with van der Waals surface area (Å²) in [5, 5.41) is 16.9. The zero-order chi connectivity index (χ0) is 7.28. The average Bonchev–Trinajstić information content (AvgIpc) is 1.87. The van der Waals surface area contributed by atoms with Crippen LogP contribution in [0.1, 0.15) is 6.42 Å². The Labute approximate surface area is 53.6 Å². The van der Waals surface area contributed by atoms with Crippen LogP contribution in [0.3, 0.4) is 0 Å². The van der Waals surface area contributed by atoms with E-state index in [1.165, 1.54) is 0 Å². The second-order valence-corrected chi connectivity index (χ2v) is 1.71. The number of allylic oxidation sites excluding steroid dienone is 1. The number of ketones is 1. The molecular weight excluding hydrogens is 120 g/mol. The Morgan fingerprint density at radius 1 is 1.78 bits per heavy atom. The first kappa shape index (κ1) is 8.33. The third kappa shape index (κ3) is 3.88. The van der Waals surface area contributed by atoms with Crippen molar-refractivity contribution < 1.29 is 15.0 Å². The second-order valence-electron chi connectivity index (χ2n) is 1.71. The lowest BCUT2D eigenvalue weighted by atomic mass is 10.2. The number of hydrogen-bond acceptors (Lipinski definition) is 3. The molecule has 3 nitrogen and oxygen atoms in total. The summed E-state index contributed by atoms with van der Waals surface area (Å²) in [7, 11) is 0. The molecule has 0 saturated heterocycles. The molecule has 52 valence electrons. The molecule has 0 amide bonds. The van der Waals surface area contributed by atoms with Gasteiger partial charge in [-0.15, -0.1) is 0 Å². The molecule has 0 bridgehead atoms. The number of aliphatic hydroxyl groups is 2. The third-order valence-corrected chi connectivity index (χ3v) is 0.875. The van der Waals surface area contributed by atoms with Crippen LogP contribution in [0.4, 0.5) is 0 Å². The van der Waals surface area contributed by atoms with E-state index in [2.05, 4.69) is 6.58 Å². The van der Waals surface area contributed by atoms with Crippen molar-refractivity contribution in [3.8, 4) is 0 Å². The van der Waals surface area contributed by atoms with Crippen LogP contribution in [0, 0.1) is 0 Å². The Morgan fingerprint density at radius 3 is 2.67 bits per heavy atom. The van der Waals surface area contributed by atoms with Crippen molar-refractivity contribution in [2.75, 3.05) is 6.61 Å². The molecule has 0 spiro atoms. The highest BCUT2D eigenvalue weighted by atomic mass is 16.3. The van der Waals surface area contributed by atoms with Crippen molar-refractivity contribution in [2.24, 2.45) is 0 Å². The Morgan fingerprint density at radius 2 is 2.33 bits per heavy atom. The zero-order valence-electron chi connectivity index (χ0n) is 5.08. The molecule has 0 aliphatic rings. The SMILES string of the molecule is C=CC(=O)CC(O)CO. The molecule has 0 rings (SSSR count). The molecule has 2 N–H and O–H groups in total. The lowest BCUT2D eigenvalue weighted by Crippen LogP contribution is -2.15. The summed E-state index contributed by atoms with van der Waals surface area (Å²) < 4.78 is 0. The van der Waals surface area contributed by atoms with Gasteiger partial charge in [0.25, 0.3) is 0 Å². The van der Waals surface area contributed by atoms with Crippen molar-refractivity contribution >= 4 is 5.78 Å². The highest BCUT2D eigenvalue weighted by Gasteiger charge is 2.04. The predicted molar refractivity (Wildman–Crippen MR) is 32.9 cm³/mol. The van der Waals surface area contributed by atoms with E-state index in [1.54, 1.807) is 0 Å². The predicted octanol–water partition coefficient (Wildman–Crippen LogP) is -0.515. The molecule has 0 heterocycles. The molecule has 3 heteroatoms. The fourth-order valence-corrected chi connectivity index (χ4v) is 0.380. The quantitative estimate of drug-likeness (QED) is 0.504. The van der Waals surface area contributed by atoms with Gasteiger partial charge in [0, 0.05) is 6.42 Å². The van der Waals surface area contributed by atoms with E-state index in [9.17, 15) is 4.79 Å². The van der Waals surface area contributed by atoms with Crippen LogP contribution in [-0.2, 0) is 4.79 Å². The van der Waals surface area contributed by atoms with Gasteiger partial charge in [-0.3, -0.25) is 4.79 Å². The van der Waals surface area contributed by atoms with E-state index in [4.69, 9.17) is 10.2 Å². The number of rotatable bonds is 4. The normalized spacial score (nSPS) is 12.7. The van der Waals surface area contributed by atoms with Gasteiger partial charge in [-0.1, -0.05) is 6.58 Å². The maximum atomic E-state index is 10.4. The van der Waals surface area contributed by atoms with Crippen molar-refractivity contribution in [1.29, 1.82) is 0 Å². The number of hydrogen-bond donors (Lipinski definition) is 2. The Balaban J connectivity index is 3.46. The first-order chi connectivity index (χ1) is 4.20. The van der Waals surface area contributed by atoms with E-state index < -0.39 is 6.10 Å². The van der Waals surface area contributed by atoms with Gasteiger partial charge in [-0.25, -0.2) is 0 Å². The molecule has 1 atom stereocenters. The Kier molecular flexibility index (Phi) is 3.92. The fourth-order valence-electron chi connectivity index (χ4n) is 0.380. The highest BCUT2D eigenvalue weighted by Crippen LogP contribution is 1.91. The minimum Gasteiger partial charge on any atom is -0.394 e. The summed E-state index contributed by atoms with van der Waals surface area (Å²) >= 11 is 0. The summed E-state index contributed by atoms with van der Waals surface area (Å²) in [6.45, 7) is 2.83. The van der Waals surface area contributed by atoms with Crippen LogP contribution in [-0.4, -0.2) is 28.7 Å². The average molecular weight is 130 g/mol. The van der Waals surface area contributed by atoms with Crippen LogP contribution in [0.15, 0.2) is 12.7 Å². The minimum atomic E-state index is -0.935.